The van der Waals surface area contributed by atoms with Crippen molar-refractivity contribution in [1.82, 2.24) is 10.2 Å². The highest BCUT2D eigenvalue weighted by atomic mass is 32.2. The molecule has 3 heteroatoms. The van der Waals surface area contributed by atoms with Crippen LogP contribution in [0.15, 0.2) is 0 Å². The van der Waals surface area contributed by atoms with Crippen LogP contribution in [0, 0.1) is 5.92 Å². The molecule has 2 rings (SSSR count). The number of hydrogen-bond acceptors (Lipinski definition) is 3. The molecule has 17 heavy (non-hydrogen) atoms. The first-order valence-electron chi connectivity index (χ1n) is 7.19. The third-order valence-electron chi connectivity index (χ3n) is 4.25. The van der Waals surface area contributed by atoms with Crippen LogP contribution in [0.25, 0.3) is 0 Å². The second-order valence-electron chi connectivity index (χ2n) is 6.10. The summed E-state index contributed by atoms with van der Waals surface area (Å²) in [6, 6.07) is 1.61. The van der Waals surface area contributed by atoms with Crippen molar-refractivity contribution in [3.8, 4) is 0 Å². The van der Waals surface area contributed by atoms with Crippen LogP contribution < -0.4 is 5.32 Å². The van der Waals surface area contributed by atoms with Gasteiger partial charge in [-0.15, -0.1) is 0 Å². The standard InChI is InChI=1S/C14H28N2S/c1-11(2)8-12-10-16(7-6-15-12)13-4-5-14(9-13)17-3/h11-15H,4-10H2,1-3H3. The predicted octanol–water partition coefficient (Wildman–Crippen LogP) is 2.59. The number of nitrogens with one attached hydrogen (secondary N) is 1. The minimum Gasteiger partial charge on any atom is -0.311 e. The van der Waals surface area contributed by atoms with Gasteiger partial charge in [0.1, 0.15) is 0 Å². The molecule has 0 aromatic carbocycles. The number of rotatable bonds is 4. The van der Waals surface area contributed by atoms with Gasteiger partial charge in [-0.05, 0) is 37.9 Å². The summed E-state index contributed by atoms with van der Waals surface area (Å²) in [5.41, 5.74) is 0. The number of hydrogen-bond donors (Lipinski definition) is 1. The first kappa shape index (κ1) is 13.7. The zero-order valence-corrected chi connectivity index (χ0v) is 12.4. The molecule has 1 N–H and O–H groups in total. The Kier molecular flexibility index (Phi) is 5.19. The summed E-state index contributed by atoms with van der Waals surface area (Å²) in [7, 11) is 0. The molecule has 3 unspecified atom stereocenters. The minimum absolute atomic E-state index is 0.733. The summed E-state index contributed by atoms with van der Waals surface area (Å²) >= 11 is 2.07. The molecule has 1 saturated heterocycles. The molecule has 0 aromatic rings. The first-order chi connectivity index (χ1) is 8.19. The number of nitrogens with zero attached hydrogens (tertiary/aromatic N) is 1. The molecule has 0 amide bonds. The average molecular weight is 256 g/mol. The summed E-state index contributed by atoms with van der Waals surface area (Å²) in [5.74, 6) is 0.815. The average Bonchev–Trinajstić information content (AvgIpc) is 2.77. The highest BCUT2D eigenvalue weighted by molar-refractivity contribution is 7.99. The van der Waals surface area contributed by atoms with Crippen molar-refractivity contribution in [2.45, 2.75) is 56.9 Å². The molecule has 0 radical (unpaired) electrons. The van der Waals surface area contributed by atoms with Crippen LogP contribution in [0.4, 0.5) is 0 Å². The third kappa shape index (κ3) is 3.87. The van der Waals surface area contributed by atoms with Gasteiger partial charge in [0.15, 0.2) is 0 Å². The molecular weight excluding hydrogens is 228 g/mol. The maximum Gasteiger partial charge on any atom is 0.0198 e. The quantitative estimate of drug-likeness (QED) is 0.832. The van der Waals surface area contributed by atoms with Gasteiger partial charge in [-0.25, -0.2) is 0 Å². The summed E-state index contributed by atoms with van der Waals surface area (Å²) < 4.78 is 0. The molecule has 0 bridgehead atoms. The molecule has 100 valence electrons. The Labute approximate surface area is 111 Å². The normalized spacial score (nSPS) is 35.6. The van der Waals surface area contributed by atoms with Crippen LogP contribution in [0.5, 0.6) is 0 Å². The van der Waals surface area contributed by atoms with E-state index in [2.05, 4.69) is 42.1 Å². The van der Waals surface area contributed by atoms with Gasteiger partial charge < -0.3 is 5.32 Å². The SMILES string of the molecule is CSC1CCC(N2CCNC(CC(C)C)C2)C1. The van der Waals surface area contributed by atoms with E-state index in [-0.39, 0.29) is 0 Å². The Morgan fingerprint density at radius 3 is 2.82 bits per heavy atom. The van der Waals surface area contributed by atoms with Crippen LogP contribution in [0.2, 0.25) is 0 Å². The number of piperazine rings is 1. The first-order valence-corrected chi connectivity index (χ1v) is 8.48. The van der Waals surface area contributed by atoms with Gasteiger partial charge in [0.2, 0.25) is 0 Å². The van der Waals surface area contributed by atoms with Gasteiger partial charge in [0, 0.05) is 37.0 Å². The molecule has 0 spiro atoms. The fourth-order valence-electron chi connectivity index (χ4n) is 3.37. The van der Waals surface area contributed by atoms with Crippen LogP contribution in [-0.2, 0) is 0 Å². The van der Waals surface area contributed by atoms with Gasteiger partial charge in [-0.1, -0.05) is 13.8 Å². The lowest BCUT2D eigenvalue weighted by Gasteiger charge is -2.38. The Morgan fingerprint density at radius 2 is 2.18 bits per heavy atom. The molecular formula is C14H28N2S. The number of thioether (sulfide) groups is 1. The Balaban J connectivity index is 1.81. The Bertz CT molecular complexity index is 232. The van der Waals surface area contributed by atoms with Crippen LogP contribution in [0.3, 0.4) is 0 Å². The fourth-order valence-corrected chi connectivity index (χ4v) is 4.16. The van der Waals surface area contributed by atoms with E-state index in [1.807, 2.05) is 0 Å². The van der Waals surface area contributed by atoms with E-state index in [0.717, 1.165) is 23.3 Å². The molecule has 1 saturated carbocycles. The third-order valence-corrected chi connectivity index (χ3v) is 5.34. The van der Waals surface area contributed by atoms with Crippen LogP contribution in [0.1, 0.15) is 39.5 Å². The highest BCUT2D eigenvalue weighted by Gasteiger charge is 2.31. The van der Waals surface area contributed by atoms with E-state index in [0.29, 0.717) is 0 Å². The molecule has 2 aliphatic rings. The monoisotopic (exact) mass is 256 g/mol. The van der Waals surface area contributed by atoms with E-state index in [9.17, 15) is 0 Å². The van der Waals surface area contributed by atoms with Crippen molar-refractivity contribution in [2.24, 2.45) is 5.92 Å². The van der Waals surface area contributed by atoms with Crippen molar-refractivity contribution in [3.05, 3.63) is 0 Å². The zero-order valence-electron chi connectivity index (χ0n) is 11.6. The van der Waals surface area contributed by atoms with Gasteiger partial charge in [-0.3, -0.25) is 4.90 Å². The lowest BCUT2D eigenvalue weighted by molar-refractivity contribution is 0.137. The van der Waals surface area contributed by atoms with Gasteiger partial charge in [0.25, 0.3) is 0 Å². The van der Waals surface area contributed by atoms with Gasteiger partial charge >= 0.3 is 0 Å². The fraction of sp³-hybridized carbons (Fsp3) is 1.00. The van der Waals surface area contributed by atoms with Crippen molar-refractivity contribution in [1.29, 1.82) is 0 Å². The van der Waals surface area contributed by atoms with Crippen molar-refractivity contribution in [2.75, 3.05) is 25.9 Å². The van der Waals surface area contributed by atoms with Crippen molar-refractivity contribution in [3.63, 3.8) is 0 Å². The van der Waals surface area contributed by atoms with E-state index in [4.69, 9.17) is 0 Å². The van der Waals surface area contributed by atoms with E-state index >= 15 is 0 Å². The molecule has 2 fully saturated rings. The lowest BCUT2D eigenvalue weighted by atomic mass is 10.0. The minimum atomic E-state index is 0.733. The summed E-state index contributed by atoms with van der Waals surface area (Å²) in [5, 5.41) is 4.61. The lowest BCUT2D eigenvalue weighted by Crippen LogP contribution is -2.53. The van der Waals surface area contributed by atoms with Crippen LogP contribution in [-0.4, -0.2) is 48.1 Å². The van der Waals surface area contributed by atoms with Crippen molar-refractivity contribution < 1.29 is 0 Å². The maximum atomic E-state index is 3.68. The second-order valence-corrected chi connectivity index (χ2v) is 7.24. The zero-order chi connectivity index (χ0) is 12.3. The second kappa shape index (κ2) is 6.44. The maximum absolute atomic E-state index is 3.68. The van der Waals surface area contributed by atoms with E-state index in [1.54, 1.807) is 0 Å². The van der Waals surface area contributed by atoms with Gasteiger partial charge in [-0.2, -0.15) is 11.8 Å². The highest BCUT2D eigenvalue weighted by Crippen LogP contribution is 2.32. The summed E-state index contributed by atoms with van der Waals surface area (Å²) in [6.45, 7) is 8.40. The molecule has 2 nitrogen and oxygen atoms in total. The molecule has 1 aliphatic heterocycles. The summed E-state index contributed by atoms with van der Waals surface area (Å²) in [6.07, 6.45) is 7.89. The van der Waals surface area contributed by atoms with Crippen LogP contribution >= 0.6 is 11.8 Å². The molecule has 1 aliphatic carbocycles. The largest absolute Gasteiger partial charge is 0.311 e. The van der Waals surface area contributed by atoms with Crippen molar-refractivity contribution >= 4 is 11.8 Å². The predicted molar refractivity (Wildman–Crippen MR) is 77.8 cm³/mol. The summed E-state index contributed by atoms with van der Waals surface area (Å²) in [4.78, 5) is 2.76. The Hall–Kier alpha value is 0.270. The topological polar surface area (TPSA) is 15.3 Å². The smallest absolute Gasteiger partial charge is 0.0198 e. The van der Waals surface area contributed by atoms with E-state index < -0.39 is 0 Å². The molecule has 3 atom stereocenters. The van der Waals surface area contributed by atoms with E-state index in [1.165, 1.54) is 45.3 Å². The van der Waals surface area contributed by atoms with Gasteiger partial charge in [0.05, 0.1) is 0 Å². The molecule has 1 heterocycles. The molecule has 0 aromatic heterocycles. The Morgan fingerprint density at radius 1 is 1.35 bits per heavy atom.